The van der Waals surface area contributed by atoms with Gasteiger partial charge < -0.3 is 5.11 Å². The molecule has 4 heteroatoms. The molecule has 2 aromatic rings. The van der Waals surface area contributed by atoms with Crippen LogP contribution in [0.2, 0.25) is 10.0 Å². The summed E-state index contributed by atoms with van der Waals surface area (Å²) < 4.78 is 0. The fraction of sp³-hybridized carbons (Fsp3) is 0.235. The predicted octanol–water partition coefficient (Wildman–Crippen LogP) is 5.23. The van der Waals surface area contributed by atoms with E-state index in [1.807, 2.05) is 20.8 Å². The number of hydrogen-bond donors (Lipinski definition) is 1. The summed E-state index contributed by atoms with van der Waals surface area (Å²) in [4.78, 5) is 12.6. The Morgan fingerprint density at radius 1 is 1.05 bits per heavy atom. The Hall–Kier alpha value is -1.51. The van der Waals surface area contributed by atoms with Gasteiger partial charge in [0, 0.05) is 5.56 Å². The third kappa shape index (κ3) is 3.22. The van der Waals surface area contributed by atoms with Crippen LogP contribution in [0.3, 0.4) is 0 Å². The first kappa shape index (κ1) is 15.9. The lowest BCUT2D eigenvalue weighted by Crippen LogP contribution is -2.13. The van der Waals surface area contributed by atoms with Gasteiger partial charge in [-0.2, -0.15) is 0 Å². The molecule has 0 bridgehead atoms. The van der Waals surface area contributed by atoms with Crippen LogP contribution in [-0.2, 0) is 5.41 Å². The van der Waals surface area contributed by atoms with Crippen LogP contribution < -0.4 is 0 Å². The molecule has 0 heterocycles. The maximum atomic E-state index is 12.6. The number of benzene rings is 2. The van der Waals surface area contributed by atoms with E-state index < -0.39 is 0 Å². The van der Waals surface area contributed by atoms with Crippen LogP contribution in [0.25, 0.3) is 0 Å². The van der Waals surface area contributed by atoms with Gasteiger partial charge in [-0.25, -0.2) is 0 Å². The van der Waals surface area contributed by atoms with Gasteiger partial charge >= 0.3 is 0 Å². The van der Waals surface area contributed by atoms with Crippen molar-refractivity contribution < 1.29 is 9.90 Å². The number of ketones is 1. The summed E-state index contributed by atoms with van der Waals surface area (Å²) in [6.07, 6.45) is 0. The molecule has 21 heavy (non-hydrogen) atoms. The highest BCUT2D eigenvalue weighted by Gasteiger charge is 2.22. The van der Waals surface area contributed by atoms with Gasteiger partial charge in [-0.15, -0.1) is 0 Å². The van der Waals surface area contributed by atoms with E-state index in [-0.39, 0.29) is 22.5 Å². The lowest BCUT2D eigenvalue weighted by molar-refractivity contribution is 0.103. The first-order valence-electron chi connectivity index (χ1n) is 6.54. The lowest BCUT2D eigenvalue weighted by Gasteiger charge is -2.21. The van der Waals surface area contributed by atoms with Crippen molar-refractivity contribution in [2.75, 3.05) is 0 Å². The number of carbonyl (C=O) groups is 1. The summed E-state index contributed by atoms with van der Waals surface area (Å²) in [5.41, 5.74) is 1.17. The largest absolute Gasteiger partial charge is 0.508 e. The summed E-state index contributed by atoms with van der Waals surface area (Å²) in [7, 11) is 0. The highest BCUT2D eigenvalue weighted by molar-refractivity contribution is 6.41. The molecule has 0 fully saturated rings. The van der Waals surface area contributed by atoms with Crippen LogP contribution in [0, 0.1) is 0 Å². The fourth-order valence-electron chi connectivity index (χ4n) is 2.14. The number of aromatic hydroxyl groups is 1. The minimum atomic E-state index is -0.273. The molecule has 2 aromatic carbocycles. The summed E-state index contributed by atoms with van der Waals surface area (Å²) in [6, 6.07) is 9.75. The van der Waals surface area contributed by atoms with Crippen molar-refractivity contribution in [1.29, 1.82) is 0 Å². The number of halogens is 2. The number of phenols is 1. The smallest absolute Gasteiger partial charge is 0.196 e. The first-order chi connectivity index (χ1) is 9.71. The average molecular weight is 323 g/mol. The first-order valence-corrected chi connectivity index (χ1v) is 7.29. The second-order valence-electron chi connectivity index (χ2n) is 5.91. The van der Waals surface area contributed by atoms with E-state index >= 15 is 0 Å². The minimum Gasteiger partial charge on any atom is -0.508 e. The molecule has 0 saturated heterocycles. The summed E-state index contributed by atoms with van der Waals surface area (Å²) in [6.45, 7) is 5.91. The molecule has 2 rings (SSSR count). The number of phenolic OH excluding ortho intramolecular Hbond substituents is 1. The van der Waals surface area contributed by atoms with Gasteiger partial charge in [-0.1, -0.05) is 50.0 Å². The normalized spacial score (nSPS) is 11.5. The van der Waals surface area contributed by atoms with Crippen molar-refractivity contribution in [2.45, 2.75) is 26.2 Å². The zero-order valence-electron chi connectivity index (χ0n) is 12.1. The van der Waals surface area contributed by atoms with E-state index in [0.717, 1.165) is 0 Å². The van der Waals surface area contributed by atoms with Crippen LogP contribution in [0.4, 0.5) is 0 Å². The van der Waals surface area contributed by atoms with Gasteiger partial charge in [-0.05, 0) is 41.3 Å². The van der Waals surface area contributed by atoms with Crippen LogP contribution in [-0.4, -0.2) is 10.9 Å². The molecule has 0 aliphatic heterocycles. The Bertz CT molecular complexity index is 680. The van der Waals surface area contributed by atoms with Crippen molar-refractivity contribution in [2.24, 2.45) is 0 Å². The second-order valence-corrected chi connectivity index (χ2v) is 6.72. The fourth-order valence-corrected chi connectivity index (χ4v) is 2.71. The zero-order valence-corrected chi connectivity index (χ0v) is 13.6. The van der Waals surface area contributed by atoms with Crippen molar-refractivity contribution >= 4 is 29.0 Å². The van der Waals surface area contributed by atoms with Gasteiger partial charge in [-0.3, -0.25) is 4.79 Å². The molecular formula is C17H16Cl2O2. The molecule has 110 valence electrons. The molecule has 0 saturated carbocycles. The molecule has 1 N–H and O–H groups in total. The van der Waals surface area contributed by atoms with Gasteiger partial charge in [0.05, 0.1) is 15.6 Å². The number of rotatable bonds is 2. The molecule has 0 amide bonds. The zero-order chi connectivity index (χ0) is 15.8. The number of carbonyl (C=O) groups excluding carboxylic acids is 1. The average Bonchev–Trinajstić information content (AvgIpc) is 2.37. The van der Waals surface area contributed by atoms with E-state index in [1.165, 1.54) is 6.07 Å². The molecule has 0 aliphatic carbocycles. The van der Waals surface area contributed by atoms with Crippen LogP contribution in [0.1, 0.15) is 42.3 Å². The standard InChI is InChI=1S/C17H16Cl2O2/c1-17(2,3)11-9-10(7-8-14(11)20)16(21)15-12(18)5-4-6-13(15)19/h4-9,20H,1-3H3. The third-order valence-electron chi connectivity index (χ3n) is 3.26. The molecule has 0 aliphatic rings. The monoisotopic (exact) mass is 322 g/mol. The summed E-state index contributed by atoms with van der Waals surface area (Å²) in [5.74, 6) is -0.0830. The maximum absolute atomic E-state index is 12.6. The van der Waals surface area contributed by atoms with E-state index in [9.17, 15) is 9.90 Å². The molecule has 0 unspecified atom stereocenters. The molecule has 0 atom stereocenters. The van der Waals surface area contributed by atoms with E-state index in [0.29, 0.717) is 21.2 Å². The Kier molecular flexibility index (Phi) is 4.31. The van der Waals surface area contributed by atoms with E-state index in [4.69, 9.17) is 23.2 Å². The maximum Gasteiger partial charge on any atom is 0.196 e. The van der Waals surface area contributed by atoms with E-state index in [1.54, 1.807) is 30.3 Å². The Morgan fingerprint density at radius 3 is 2.14 bits per heavy atom. The summed E-state index contributed by atoms with van der Waals surface area (Å²) >= 11 is 12.2. The van der Waals surface area contributed by atoms with Crippen molar-refractivity contribution in [3.8, 4) is 5.75 Å². The SMILES string of the molecule is CC(C)(C)c1cc(C(=O)c2c(Cl)cccc2Cl)ccc1O. The van der Waals surface area contributed by atoms with Crippen molar-refractivity contribution in [3.05, 3.63) is 63.1 Å². The minimum absolute atomic E-state index is 0.171. The van der Waals surface area contributed by atoms with Gasteiger partial charge in [0.1, 0.15) is 5.75 Å². The van der Waals surface area contributed by atoms with Crippen molar-refractivity contribution in [3.63, 3.8) is 0 Å². The van der Waals surface area contributed by atoms with Gasteiger partial charge in [0.25, 0.3) is 0 Å². The Balaban J connectivity index is 2.55. The van der Waals surface area contributed by atoms with Crippen LogP contribution >= 0.6 is 23.2 Å². The molecular weight excluding hydrogens is 307 g/mol. The highest BCUT2D eigenvalue weighted by atomic mass is 35.5. The highest BCUT2D eigenvalue weighted by Crippen LogP contribution is 2.33. The van der Waals surface area contributed by atoms with Crippen molar-refractivity contribution in [1.82, 2.24) is 0 Å². The number of hydrogen-bond acceptors (Lipinski definition) is 2. The third-order valence-corrected chi connectivity index (χ3v) is 3.89. The predicted molar refractivity (Wildman–Crippen MR) is 86.7 cm³/mol. The molecule has 2 nitrogen and oxygen atoms in total. The Morgan fingerprint density at radius 2 is 1.62 bits per heavy atom. The molecule has 0 spiro atoms. The molecule has 0 aromatic heterocycles. The quantitative estimate of drug-likeness (QED) is 0.769. The second kappa shape index (κ2) is 5.70. The van der Waals surface area contributed by atoms with Crippen LogP contribution in [0.5, 0.6) is 5.75 Å². The van der Waals surface area contributed by atoms with Gasteiger partial charge in [0.15, 0.2) is 5.78 Å². The molecule has 0 radical (unpaired) electrons. The summed E-state index contributed by atoms with van der Waals surface area (Å²) in [5, 5.41) is 10.6. The van der Waals surface area contributed by atoms with E-state index in [2.05, 4.69) is 0 Å². The lowest BCUT2D eigenvalue weighted by atomic mass is 9.84. The topological polar surface area (TPSA) is 37.3 Å². The van der Waals surface area contributed by atoms with Crippen LogP contribution in [0.15, 0.2) is 36.4 Å². The Labute approximate surface area is 134 Å². The van der Waals surface area contributed by atoms with Gasteiger partial charge in [0.2, 0.25) is 0 Å².